The van der Waals surface area contributed by atoms with Crippen molar-refractivity contribution >= 4 is 50.2 Å². The van der Waals surface area contributed by atoms with Crippen LogP contribution in [0.1, 0.15) is 17.5 Å². The summed E-state index contributed by atoms with van der Waals surface area (Å²) in [6.45, 7) is 0. The van der Waals surface area contributed by atoms with Crippen molar-refractivity contribution in [1.29, 1.82) is 5.26 Å². The highest BCUT2D eigenvalue weighted by atomic mass is 79.9. The molecule has 1 heterocycles. The summed E-state index contributed by atoms with van der Waals surface area (Å²) in [6.07, 6.45) is 0.276. The number of fused-ring (bicyclic) bond motifs is 1. The summed E-state index contributed by atoms with van der Waals surface area (Å²) >= 11 is 3.24. The zero-order chi connectivity index (χ0) is 26.7. The fourth-order valence-corrected chi connectivity index (χ4v) is 5.26. The summed E-state index contributed by atoms with van der Waals surface area (Å²) < 4.78 is 32.0. The molecule has 11 heteroatoms. The number of carbonyl (C=O) groups is 2. The number of Topliss-reactive ketones (excluding diaryl/α,β-unsaturated/α-hetero) is 1. The van der Waals surface area contributed by atoms with Gasteiger partial charge in [0.15, 0.2) is 5.16 Å². The number of hydrogen-bond acceptors (Lipinski definition) is 6. The number of imidazole rings is 1. The molecule has 0 bridgehead atoms. The summed E-state index contributed by atoms with van der Waals surface area (Å²) in [5.74, 6) is -4.32. The molecule has 0 fully saturated rings. The van der Waals surface area contributed by atoms with Crippen molar-refractivity contribution in [3.63, 3.8) is 0 Å². The van der Waals surface area contributed by atoms with E-state index in [1.807, 2.05) is 0 Å². The molecule has 0 amide bonds. The zero-order valence-corrected chi connectivity index (χ0v) is 21.3. The molecule has 0 aliphatic heterocycles. The molecule has 0 radical (unpaired) electrons. The van der Waals surface area contributed by atoms with E-state index in [0.717, 1.165) is 0 Å². The fraction of sp³-hybridized carbons (Fsp3) is 0.154. The lowest BCUT2D eigenvalue weighted by molar-refractivity contribution is -0.146. The molecular formula is C26H18BrF2N3O4S. The van der Waals surface area contributed by atoms with E-state index >= 15 is 8.78 Å². The molecule has 188 valence electrons. The minimum atomic E-state index is -3.96. The number of carbonyl (C=O) groups excluding carboxylic acids is 1. The minimum Gasteiger partial charge on any atom is -0.508 e. The number of phenolic OH excluding ortho intramolecular Hbond substituents is 1. The van der Waals surface area contributed by atoms with Crippen LogP contribution in [-0.4, -0.2) is 36.8 Å². The second kappa shape index (κ2) is 10.7. The van der Waals surface area contributed by atoms with Crippen LogP contribution in [0, 0.1) is 17.2 Å². The van der Waals surface area contributed by atoms with E-state index < -0.39 is 29.3 Å². The quantitative estimate of drug-likeness (QED) is 0.233. The van der Waals surface area contributed by atoms with E-state index in [4.69, 9.17) is 0 Å². The Morgan fingerprint density at radius 1 is 1.11 bits per heavy atom. The van der Waals surface area contributed by atoms with Crippen LogP contribution < -0.4 is 0 Å². The molecule has 37 heavy (non-hydrogen) atoms. The Labute approximate surface area is 222 Å². The average molecular weight is 586 g/mol. The largest absolute Gasteiger partial charge is 0.508 e. The van der Waals surface area contributed by atoms with Crippen LogP contribution in [0.3, 0.4) is 0 Å². The first-order valence-corrected chi connectivity index (χ1v) is 12.5. The number of rotatable bonds is 9. The van der Waals surface area contributed by atoms with Gasteiger partial charge in [0, 0.05) is 17.2 Å². The van der Waals surface area contributed by atoms with E-state index in [0.29, 0.717) is 32.2 Å². The highest BCUT2D eigenvalue weighted by Gasteiger charge is 2.43. The number of aromatic nitrogens is 2. The van der Waals surface area contributed by atoms with Crippen LogP contribution in [0.2, 0.25) is 0 Å². The van der Waals surface area contributed by atoms with Crippen LogP contribution in [-0.2, 0) is 16.0 Å². The van der Waals surface area contributed by atoms with Gasteiger partial charge >= 0.3 is 11.2 Å². The van der Waals surface area contributed by atoms with Crippen LogP contribution >= 0.6 is 27.7 Å². The third-order valence-electron chi connectivity index (χ3n) is 5.69. The summed E-state index contributed by atoms with van der Waals surface area (Å²) in [5.41, 5.74) is 1.38. The fourth-order valence-electron chi connectivity index (χ4n) is 3.86. The number of alkyl halides is 2. The van der Waals surface area contributed by atoms with Gasteiger partial charge in [0.05, 0.1) is 29.4 Å². The predicted octanol–water partition coefficient (Wildman–Crippen LogP) is 5.95. The van der Waals surface area contributed by atoms with Crippen LogP contribution in [0.4, 0.5) is 8.78 Å². The van der Waals surface area contributed by atoms with Gasteiger partial charge < -0.3 is 10.2 Å². The SMILES string of the molecule is N#Cc1ccc(-n2c(Br)cnc2SC(F)(F)C(=O)CC(Cc2ccc(O)cc2)C(=O)O)c2ccccc12. The molecule has 0 aliphatic rings. The smallest absolute Gasteiger partial charge is 0.358 e. The number of thioether (sulfide) groups is 1. The van der Waals surface area contributed by atoms with Crippen molar-refractivity contribution < 1.29 is 28.6 Å². The maximum atomic E-state index is 15.1. The van der Waals surface area contributed by atoms with E-state index in [1.165, 1.54) is 35.0 Å². The molecule has 0 aliphatic carbocycles. The van der Waals surface area contributed by atoms with Gasteiger partial charge in [-0.3, -0.25) is 14.2 Å². The number of aromatic hydroxyl groups is 1. The molecule has 1 aromatic heterocycles. The average Bonchev–Trinajstić information content (AvgIpc) is 3.22. The minimum absolute atomic E-state index is 0.0219. The first-order valence-electron chi connectivity index (χ1n) is 10.9. The van der Waals surface area contributed by atoms with Crippen molar-refractivity contribution in [2.45, 2.75) is 23.3 Å². The maximum Gasteiger partial charge on any atom is 0.358 e. The van der Waals surface area contributed by atoms with Crippen molar-refractivity contribution in [3.05, 3.63) is 82.6 Å². The number of phenols is 1. The molecule has 0 spiro atoms. The molecule has 7 nitrogen and oxygen atoms in total. The Balaban J connectivity index is 1.61. The number of nitrogens with zero attached hydrogens (tertiary/aromatic N) is 3. The van der Waals surface area contributed by atoms with Crippen molar-refractivity contribution in [2.75, 3.05) is 0 Å². The van der Waals surface area contributed by atoms with E-state index in [9.17, 15) is 25.1 Å². The Hall–Kier alpha value is -3.75. The van der Waals surface area contributed by atoms with E-state index in [2.05, 4.69) is 27.0 Å². The molecule has 0 saturated heterocycles. The Kier molecular flexibility index (Phi) is 7.61. The second-order valence-corrected chi connectivity index (χ2v) is 10.0. The number of aliphatic carboxylic acids is 1. The Bertz CT molecular complexity index is 1530. The number of benzene rings is 3. The molecule has 1 unspecified atom stereocenters. The topological polar surface area (TPSA) is 116 Å². The lowest BCUT2D eigenvalue weighted by atomic mass is 9.94. The van der Waals surface area contributed by atoms with Gasteiger partial charge in [-0.05, 0) is 63.9 Å². The first kappa shape index (κ1) is 26.3. The van der Waals surface area contributed by atoms with Crippen LogP contribution in [0.5, 0.6) is 5.75 Å². The summed E-state index contributed by atoms with van der Waals surface area (Å²) in [6, 6.07) is 17.9. The maximum absolute atomic E-state index is 15.1. The van der Waals surface area contributed by atoms with Crippen LogP contribution in [0.25, 0.3) is 16.5 Å². The standard InChI is InChI=1S/C26H18BrF2N3O4S/c27-23-14-31-25(32(23)21-10-7-16(13-30)19-3-1-2-4-20(19)21)37-26(28,29)22(34)12-17(24(35)36)11-15-5-8-18(33)9-6-15/h1-10,14,17,33H,11-12H2,(H,35,36). The van der Waals surface area contributed by atoms with E-state index in [-0.39, 0.29) is 29.1 Å². The monoisotopic (exact) mass is 585 g/mol. The van der Waals surface area contributed by atoms with Crippen molar-refractivity contribution in [2.24, 2.45) is 5.92 Å². The molecule has 3 aromatic carbocycles. The van der Waals surface area contributed by atoms with Gasteiger partial charge in [0.25, 0.3) is 0 Å². The lowest BCUT2D eigenvalue weighted by Gasteiger charge is -2.19. The number of hydrogen-bond donors (Lipinski definition) is 2. The zero-order valence-electron chi connectivity index (χ0n) is 18.9. The number of ketones is 1. The van der Waals surface area contributed by atoms with Crippen molar-refractivity contribution in [3.8, 4) is 17.5 Å². The summed E-state index contributed by atoms with van der Waals surface area (Å²) in [4.78, 5) is 28.4. The number of halogens is 3. The van der Waals surface area contributed by atoms with Gasteiger partial charge in [0.2, 0.25) is 5.78 Å². The highest BCUT2D eigenvalue weighted by Crippen LogP contribution is 2.41. The third kappa shape index (κ3) is 5.65. The third-order valence-corrected chi connectivity index (χ3v) is 7.21. The van der Waals surface area contributed by atoms with Crippen LogP contribution in [0.15, 0.2) is 76.6 Å². The molecule has 2 N–H and O–H groups in total. The lowest BCUT2D eigenvalue weighted by Crippen LogP contribution is -2.30. The first-order chi connectivity index (χ1) is 17.6. The Morgan fingerprint density at radius 2 is 1.78 bits per heavy atom. The van der Waals surface area contributed by atoms with Gasteiger partial charge in [-0.1, -0.05) is 36.4 Å². The Morgan fingerprint density at radius 3 is 2.43 bits per heavy atom. The number of nitriles is 1. The van der Waals surface area contributed by atoms with Gasteiger partial charge in [-0.2, -0.15) is 14.0 Å². The second-order valence-electron chi connectivity index (χ2n) is 8.14. The molecular weight excluding hydrogens is 568 g/mol. The van der Waals surface area contributed by atoms with E-state index in [1.54, 1.807) is 36.4 Å². The number of carboxylic acids is 1. The highest BCUT2D eigenvalue weighted by molar-refractivity contribution is 9.10. The number of carboxylic acid groups (broad SMARTS) is 1. The molecule has 0 saturated carbocycles. The summed E-state index contributed by atoms with van der Waals surface area (Å²) in [5, 5.41) is 25.4. The molecule has 4 aromatic rings. The normalized spacial score (nSPS) is 12.3. The van der Waals surface area contributed by atoms with Gasteiger partial charge in [-0.15, -0.1) is 0 Å². The molecule has 4 rings (SSSR count). The van der Waals surface area contributed by atoms with Gasteiger partial charge in [0.1, 0.15) is 10.4 Å². The molecule has 1 atom stereocenters. The predicted molar refractivity (Wildman–Crippen MR) is 137 cm³/mol. The van der Waals surface area contributed by atoms with Crippen molar-refractivity contribution in [1.82, 2.24) is 9.55 Å². The van der Waals surface area contributed by atoms with Gasteiger partial charge in [-0.25, -0.2) is 4.98 Å². The summed E-state index contributed by atoms with van der Waals surface area (Å²) in [7, 11) is 0.